The highest BCUT2D eigenvalue weighted by molar-refractivity contribution is 7.12. The maximum atomic E-state index is 5.73. The van der Waals surface area contributed by atoms with E-state index in [0.717, 1.165) is 34.1 Å². The molecule has 3 rings (SSSR count). The average Bonchev–Trinajstić information content (AvgIpc) is 2.90. The van der Waals surface area contributed by atoms with Crippen LogP contribution in [0.4, 0.5) is 5.69 Å². The molecule has 112 valence electrons. The third kappa shape index (κ3) is 2.97. The molecule has 2 aromatic carbocycles. The molecule has 0 radical (unpaired) electrons. The fraction of sp³-hybridized carbons (Fsp3) is 0.167. The van der Waals surface area contributed by atoms with Gasteiger partial charge in [0.1, 0.15) is 5.75 Å². The molecule has 2 N–H and O–H groups in total. The zero-order valence-electron chi connectivity index (χ0n) is 12.7. The van der Waals surface area contributed by atoms with E-state index >= 15 is 0 Å². The van der Waals surface area contributed by atoms with Gasteiger partial charge in [0.05, 0.1) is 17.8 Å². The molecule has 3 nitrogen and oxygen atoms in total. The first-order valence-electron chi connectivity index (χ1n) is 7.11. The van der Waals surface area contributed by atoms with Crippen LogP contribution in [-0.4, -0.2) is 12.1 Å². The van der Waals surface area contributed by atoms with Gasteiger partial charge in [-0.1, -0.05) is 24.3 Å². The summed E-state index contributed by atoms with van der Waals surface area (Å²) < 4.78 is 5.45. The fourth-order valence-corrected chi connectivity index (χ4v) is 3.41. The highest BCUT2D eigenvalue weighted by Gasteiger charge is 2.13. The van der Waals surface area contributed by atoms with Crippen molar-refractivity contribution < 1.29 is 4.74 Å². The summed E-state index contributed by atoms with van der Waals surface area (Å²) in [5, 5.41) is 1.10. The molecule has 0 amide bonds. The van der Waals surface area contributed by atoms with Crippen molar-refractivity contribution in [2.75, 3.05) is 12.8 Å². The number of methoxy groups -OCH3 is 1. The second-order valence-electron chi connectivity index (χ2n) is 5.13. The Morgan fingerprint density at radius 2 is 1.82 bits per heavy atom. The lowest BCUT2D eigenvalue weighted by atomic mass is 10.1. The van der Waals surface area contributed by atoms with Crippen LogP contribution in [0.25, 0.3) is 11.3 Å². The van der Waals surface area contributed by atoms with Crippen LogP contribution in [0.3, 0.4) is 0 Å². The van der Waals surface area contributed by atoms with Gasteiger partial charge in [-0.2, -0.15) is 0 Å². The number of nitrogens with zero attached hydrogens (tertiary/aromatic N) is 1. The summed E-state index contributed by atoms with van der Waals surface area (Å²) in [4.78, 5) is 6.02. The number of thiazole rings is 1. The Bertz CT molecular complexity index is 778. The minimum absolute atomic E-state index is 0.786. The minimum Gasteiger partial charge on any atom is -0.496 e. The highest BCUT2D eigenvalue weighted by atomic mass is 32.1. The highest BCUT2D eigenvalue weighted by Crippen LogP contribution is 2.34. The van der Waals surface area contributed by atoms with Crippen LogP contribution in [-0.2, 0) is 6.42 Å². The van der Waals surface area contributed by atoms with Gasteiger partial charge in [0.25, 0.3) is 0 Å². The summed E-state index contributed by atoms with van der Waals surface area (Å²) in [6.45, 7) is 2.10. The maximum Gasteiger partial charge on any atom is 0.128 e. The minimum atomic E-state index is 0.786. The quantitative estimate of drug-likeness (QED) is 0.731. The molecule has 0 atom stereocenters. The third-order valence-electron chi connectivity index (χ3n) is 3.54. The number of hydrogen-bond donors (Lipinski definition) is 1. The summed E-state index contributed by atoms with van der Waals surface area (Å²) in [6, 6.07) is 16.0. The molecule has 0 aliphatic rings. The van der Waals surface area contributed by atoms with Gasteiger partial charge in [-0.3, -0.25) is 0 Å². The van der Waals surface area contributed by atoms with Gasteiger partial charge < -0.3 is 10.5 Å². The Morgan fingerprint density at radius 3 is 2.55 bits per heavy atom. The number of nitrogen functional groups attached to an aromatic ring is 1. The topological polar surface area (TPSA) is 48.1 Å². The van der Waals surface area contributed by atoms with E-state index in [1.807, 2.05) is 36.4 Å². The van der Waals surface area contributed by atoms with Crippen LogP contribution in [0.2, 0.25) is 0 Å². The standard InChI is InChI=1S/C18H18N2OS/c1-12-18(15-5-3-4-6-16(15)21-2)20-17(22-12)11-13-7-9-14(19)10-8-13/h3-10H,11,19H2,1-2H3. The zero-order valence-corrected chi connectivity index (χ0v) is 13.5. The Hall–Kier alpha value is -2.33. The van der Waals surface area contributed by atoms with Crippen LogP contribution in [0.5, 0.6) is 5.75 Å². The molecule has 0 fully saturated rings. The first kappa shape index (κ1) is 14.6. The lowest BCUT2D eigenvalue weighted by Gasteiger charge is -2.06. The summed E-state index contributed by atoms with van der Waals surface area (Å²) in [7, 11) is 1.69. The Labute approximate surface area is 134 Å². The van der Waals surface area contributed by atoms with Crippen LogP contribution < -0.4 is 10.5 Å². The van der Waals surface area contributed by atoms with Crippen LogP contribution >= 0.6 is 11.3 Å². The molecular formula is C18H18N2OS. The van der Waals surface area contributed by atoms with Gasteiger partial charge in [-0.25, -0.2) is 4.98 Å². The monoisotopic (exact) mass is 310 g/mol. The number of anilines is 1. The normalized spacial score (nSPS) is 10.6. The first-order valence-corrected chi connectivity index (χ1v) is 7.93. The SMILES string of the molecule is COc1ccccc1-c1nc(Cc2ccc(N)cc2)sc1C. The number of benzene rings is 2. The van der Waals surface area contributed by atoms with E-state index < -0.39 is 0 Å². The van der Waals surface area contributed by atoms with Crippen LogP contribution in [0.1, 0.15) is 15.4 Å². The second-order valence-corrected chi connectivity index (χ2v) is 6.42. The lowest BCUT2D eigenvalue weighted by molar-refractivity contribution is 0.416. The molecule has 0 saturated heterocycles. The van der Waals surface area contributed by atoms with E-state index in [9.17, 15) is 0 Å². The van der Waals surface area contributed by atoms with E-state index in [1.54, 1.807) is 18.4 Å². The second kappa shape index (κ2) is 6.20. The molecule has 0 aliphatic heterocycles. The molecule has 4 heteroatoms. The molecule has 0 spiro atoms. The number of aromatic nitrogens is 1. The summed E-state index contributed by atoms with van der Waals surface area (Å²) in [5.74, 6) is 0.856. The average molecular weight is 310 g/mol. The van der Waals surface area contributed by atoms with Gasteiger partial charge in [-0.05, 0) is 36.8 Å². The van der Waals surface area contributed by atoms with E-state index in [-0.39, 0.29) is 0 Å². The van der Waals surface area contributed by atoms with Crippen molar-refractivity contribution >= 4 is 17.0 Å². The molecule has 1 heterocycles. The maximum absolute atomic E-state index is 5.73. The number of para-hydroxylation sites is 1. The molecule has 0 aliphatic carbocycles. The van der Waals surface area contributed by atoms with Gasteiger partial charge >= 0.3 is 0 Å². The first-order chi connectivity index (χ1) is 10.7. The predicted octanol–water partition coefficient (Wildman–Crippen LogP) is 4.30. The van der Waals surface area contributed by atoms with E-state index in [1.165, 1.54) is 10.4 Å². The predicted molar refractivity (Wildman–Crippen MR) is 92.5 cm³/mol. The molecule has 0 unspecified atom stereocenters. The molecule has 3 aromatic rings. The van der Waals surface area contributed by atoms with Crippen molar-refractivity contribution in [1.29, 1.82) is 0 Å². The smallest absolute Gasteiger partial charge is 0.128 e. The van der Waals surface area contributed by atoms with Gasteiger partial charge in [0.2, 0.25) is 0 Å². The summed E-state index contributed by atoms with van der Waals surface area (Å²) in [6.07, 6.45) is 0.820. The molecule has 22 heavy (non-hydrogen) atoms. The number of hydrogen-bond acceptors (Lipinski definition) is 4. The number of nitrogens with two attached hydrogens (primary N) is 1. The fourth-order valence-electron chi connectivity index (χ4n) is 2.43. The van der Waals surface area contributed by atoms with Crippen molar-refractivity contribution in [3.05, 3.63) is 64.0 Å². The largest absolute Gasteiger partial charge is 0.496 e. The Balaban J connectivity index is 1.92. The molecule has 0 bridgehead atoms. The summed E-state index contributed by atoms with van der Waals surface area (Å²) >= 11 is 1.73. The third-order valence-corrected chi connectivity index (χ3v) is 4.51. The van der Waals surface area contributed by atoms with Crippen molar-refractivity contribution in [2.24, 2.45) is 0 Å². The van der Waals surface area contributed by atoms with E-state index in [0.29, 0.717) is 0 Å². The van der Waals surface area contributed by atoms with E-state index in [2.05, 4.69) is 19.1 Å². The Morgan fingerprint density at radius 1 is 1.09 bits per heavy atom. The molecule has 1 aromatic heterocycles. The van der Waals surface area contributed by atoms with Crippen LogP contribution in [0.15, 0.2) is 48.5 Å². The number of rotatable bonds is 4. The summed E-state index contributed by atoms with van der Waals surface area (Å²) in [5.41, 5.74) is 9.78. The zero-order chi connectivity index (χ0) is 15.5. The van der Waals surface area contributed by atoms with Crippen molar-refractivity contribution in [1.82, 2.24) is 4.98 Å². The Kier molecular flexibility index (Phi) is 4.11. The van der Waals surface area contributed by atoms with Crippen LogP contribution in [0, 0.1) is 6.92 Å². The number of ether oxygens (including phenoxy) is 1. The van der Waals surface area contributed by atoms with Gasteiger partial charge in [0, 0.05) is 22.5 Å². The van der Waals surface area contributed by atoms with E-state index in [4.69, 9.17) is 15.5 Å². The molecular weight excluding hydrogens is 292 g/mol. The van der Waals surface area contributed by atoms with Crippen molar-refractivity contribution in [2.45, 2.75) is 13.3 Å². The van der Waals surface area contributed by atoms with Gasteiger partial charge in [-0.15, -0.1) is 11.3 Å². The number of aryl methyl sites for hydroxylation is 1. The van der Waals surface area contributed by atoms with Gasteiger partial charge in [0.15, 0.2) is 0 Å². The van der Waals surface area contributed by atoms with Crippen molar-refractivity contribution in [3.63, 3.8) is 0 Å². The molecule has 0 saturated carbocycles. The van der Waals surface area contributed by atoms with Crippen molar-refractivity contribution in [3.8, 4) is 17.0 Å². The lowest BCUT2D eigenvalue weighted by Crippen LogP contribution is -1.91.